The molecule has 1 aliphatic heterocycles. The maximum Gasteiger partial charge on any atom is 0.163 e. The van der Waals surface area contributed by atoms with E-state index in [0.29, 0.717) is 6.61 Å². The second-order valence-electron chi connectivity index (χ2n) is 4.58. The van der Waals surface area contributed by atoms with Gasteiger partial charge in [0.25, 0.3) is 0 Å². The number of hydrogen-bond donors (Lipinski definition) is 0. The van der Waals surface area contributed by atoms with Gasteiger partial charge in [0.2, 0.25) is 0 Å². The Balaban J connectivity index is 2.14. The Morgan fingerprint density at radius 2 is 2.24 bits per heavy atom. The summed E-state index contributed by atoms with van der Waals surface area (Å²) in [4.78, 5) is 0. The van der Waals surface area contributed by atoms with Crippen molar-refractivity contribution in [1.82, 2.24) is 0 Å². The molecule has 0 amide bonds. The zero-order valence-electron chi connectivity index (χ0n) is 10.3. The van der Waals surface area contributed by atoms with Gasteiger partial charge in [0.05, 0.1) is 19.8 Å². The molecule has 17 heavy (non-hydrogen) atoms. The Labute approximate surface area is 110 Å². The summed E-state index contributed by atoms with van der Waals surface area (Å²) < 4.78 is 17.8. The predicted octanol–water partition coefficient (Wildman–Crippen LogP) is 3.15. The van der Waals surface area contributed by atoms with Crippen LogP contribution in [0.5, 0.6) is 5.75 Å². The summed E-state index contributed by atoms with van der Waals surface area (Å²) in [5.74, 6) is 0.409. The van der Waals surface area contributed by atoms with Gasteiger partial charge in [0.1, 0.15) is 5.75 Å². The quantitative estimate of drug-likeness (QED) is 0.858. The van der Waals surface area contributed by atoms with Gasteiger partial charge in [0, 0.05) is 16.5 Å². The molecule has 3 nitrogen and oxygen atoms in total. The fourth-order valence-corrected chi connectivity index (χ4v) is 2.53. The van der Waals surface area contributed by atoms with Crippen LogP contribution in [0, 0.1) is 0 Å². The summed E-state index contributed by atoms with van der Waals surface area (Å²) in [6, 6.07) is 5.93. The van der Waals surface area contributed by atoms with Crippen LogP contribution in [0.3, 0.4) is 0 Å². The number of hydrogen-bond acceptors (Lipinski definition) is 3. The van der Waals surface area contributed by atoms with Crippen molar-refractivity contribution in [2.75, 3.05) is 13.7 Å². The zero-order valence-corrected chi connectivity index (χ0v) is 11.9. The third-order valence-corrected chi connectivity index (χ3v) is 3.54. The summed E-state index contributed by atoms with van der Waals surface area (Å²) in [6.45, 7) is 4.49. The van der Waals surface area contributed by atoms with Gasteiger partial charge >= 0.3 is 0 Å². The van der Waals surface area contributed by atoms with Gasteiger partial charge in [-0.15, -0.1) is 0 Å². The Morgan fingerprint density at radius 1 is 1.47 bits per heavy atom. The maximum absolute atomic E-state index is 5.81. The monoisotopic (exact) mass is 300 g/mol. The van der Waals surface area contributed by atoms with Gasteiger partial charge in [-0.25, -0.2) is 0 Å². The van der Waals surface area contributed by atoms with Crippen LogP contribution in [0.1, 0.15) is 19.4 Å². The first-order valence-electron chi connectivity index (χ1n) is 5.65. The molecule has 0 radical (unpaired) electrons. The molecule has 0 aromatic heterocycles. The molecule has 2 rings (SSSR count). The van der Waals surface area contributed by atoms with E-state index in [1.807, 2.05) is 32.0 Å². The lowest BCUT2D eigenvalue weighted by atomic mass is 10.1. The molecule has 0 N–H and O–H groups in total. The molecule has 1 aromatic carbocycles. The minimum absolute atomic E-state index is 0.0811. The van der Waals surface area contributed by atoms with E-state index in [2.05, 4.69) is 15.9 Å². The van der Waals surface area contributed by atoms with Crippen molar-refractivity contribution in [2.24, 2.45) is 0 Å². The van der Waals surface area contributed by atoms with E-state index >= 15 is 0 Å². The lowest BCUT2D eigenvalue weighted by Crippen LogP contribution is -2.22. The molecular weight excluding hydrogens is 284 g/mol. The number of halogens is 1. The summed E-state index contributed by atoms with van der Waals surface area (Å²) in [7, 11) is 1.68. The van der Waals surface area contributed by atoms with Crippen LogP contribution in [0.4, 0.5) is 0 Å². The predicted molar refractivity (Wildman–Crippen MR) is 69.3 cm³/mol. The third-order valence-electron chi connectivity index (χ3n) is 2.79. The molecule has 1 fully saturated rings. The largest absolute Gasteiger partial charge is 0.496 e. The van der Waals surface area contributed by atoms with Gasteiger partial charge in [-0.1, -0.05) is 22.0 Å². The molecule has 94 valence electrons. The summed E-state index contributed by atoms with van der Waals surface area (Å²) >= 11 is 3.55. The molecule has 4 heteroatoms. The number of rotatable bonds is 3. The molecule has 1 unspecified atom stereocenters. The molecule has 1 heterocycles. The molecule has 1 saturated heterocycles. The van der Waals surface area contributed by atoms with Gasteiger partial charge in [-0.05, 0) is 26.0 Å². The van der Waals surface area contributed by atoms with Crippen LogP contribution in [-0.4, -0.2) is 25.6 Å². The molecule has 0 aliphatic carbocycles. The highest BCUT2D eigenvalue weighted by molar-refractivity contribution is 9.10. The Bertz CT molecular complexity index is 404. The van der Waals surface area contributed by atoms with E-state index in [1.54, 1.807) is 7.11 Å². The second-order valence-corrected chi connectivity index (χ2v) is 5.43. The second kappa shape index (κ2) is 4.96. The van der Waals surface area contributed by atoms with Crippen molar-refractivity contribution in [3.8, 4) is 5.75 Å². The van der Waals surface area contributed by atoms with Crippen molar-refractivity contribution in [2.45, 2.75) is 32.2 Å². The normalized spacial score (nSPS) is 22.7. The van der Waals surface area contributed by atoms with Crippen molar-refractivity contribution in [3.63, 3.8) is 0 Å². The van der Waals surface area contributed by atoms with E-state index in [-0.39, 0.29) is 6.10 Å². The number of methoxy groups -OCH3 is 1. The standard InChI is InChI=1S/C13H17BrO3/c1-13(2)16-8-9(17-13)7-10-11(14)5-4-6-12(10)15-3/h4-6,9H,7-8H2,1-3H3. The van der Waals surface area contributed by atoms with Crippen LogP contribution >= 0.6 is 15.9 Å². The van der Waals surface area contributed by atoms with Crippen molar-refractivity contribution < 1.29 is 14.2 Å². The maximum atomic E-state index is 5.81. The summed E-state index contributed by atoms with van der Waals surface area (Å²) in [6.07, 6.45) is 0.867. The van der Waals surface area contributed by atoms with E-state index in [4.69, 9.17) is 14.2 Å². The van der Waals surface area contributed by atoms with Gasteiger partial charge in [-0.2, -0.15) is 0 Å². The molecular formula is C13H17BrO3. The van der Waals surface area contributed by atoms with Crippen LogP contribution in [0.25, 0.3) is 0 Å². The fraction of sp³-hybridized carbons (Fsp3) is 0.538. The van der Waals surface area contributed by atoms with Crippen LogP contribution in [0.2, 0.25) is 0 Å². The van der Waals surface area contributed by atoms with Crippen LogP contribution in [-0.2, 0) is 15.9 Å². The van der Waals surface area contributed by atoms with E-state index in [1.165, 1.54) is 0 Å². The van der Waals surface area contributed by atoms with E-state index < -0.39 is 5.79 Å². The van der Waals surface area contributed by atoms with Crippen molar-refractivity contribution >= 4 is 15.9 Å². The topological polar surface area (TPSA) is 27.7 Å². The number of ether oxygens (including phenoxy) is 3. The Kier molecular flexibility index (Phi) is 3.76. The highest BCUT2D eigenvalue weighted by Crippen LogP contribution is 2.31. The lowest BCUT2D eigenvalue weighted by Gasteiger charge is -2.18. The first-order valence-corrected chi connectivity index (χ1v) is 6.44. The highest BCUT2D eigenvalue weighted by Gasteiger charge is 2.33. The average molecular weight is 301 g/mol. The van der Waals surface area contributed by atoms with Gasteiger partial charge < -0.3 is 14.2 Å². The minimum atomic E-state index is -0.473. The highest BCUT2D eigenvalue weighted by atomic mass is 79.9. The van der Waals surface area contributed by atoms with Gasteiger partial charge in [-0.3, -0.25) is 0 Å². The summed E-state index contributed by atoms with van der Waals surface area (Å²) in [5.41, 5.74) is 1.13. The smallest absolute Gasteiger partial charge is 0.163 e. The first-order chi connectivity index (χ1) is 8.02. The first kappa shape index (κ1) is 12.9. The number of benzene rings is 1. The van der Waals surface area contributed by atoms with E-state index in [0.717, 1.165) is 22.2 Å². The molecule has 0 saturated carbocycles. The van der Waals surface area contributed by atoms with Crippen molar-refractivity contribution in [1.29, 1.82) is 0 Å². The molecule has 0 bridgehead atoms. The lowest BCUT2D eigenvalue weighted by molar-refractivity contribution is -0.138. The fourth-order valence-electron chi connectivity index (χ4n) is 2.02. The zero-order chi connectivity index (χ0) is 12.5. The SMILES string of the molecule is COc1cccc(Br)c1CC1COC(C)(C)O1. The van der Waals surface area contributed by atoms with Crippen LogP contribution < -0.4 is 4.74 Å². The molecule has 1 aromatic rings. The Morgan fingerprint density at radius 3 is 2.82 bits per heavy atom. The summed E-state index contributed by atoms with van der Waals surface area (Å²) in [5, 5.41) is 0. The minimum Gasteiger partial charge on any atom is -0.496 e. The van der Waals surface area contributed by atoms with Gasteiger partial charge in [0.15, 0.2) is 5.79 Å². The van der Waals surface area contributed by atoms with E-state index in [9.17, 15) is 0 Å². The third kappa shape index (κ3) is 3.00. The molecule has 1 aliphatic rings. The average Bonchev–Trinajstić information content (AvgIpc) is 2.61. The molecule has 1 atom stereocenters. The Hall–Kier alpha value is -0.580. The molecule has 0 spiro atoms. The van der Waals surface area contributed by atoms with Crippen molar-refractivity contribution in [3.05, 3.63) is 28.2 Å². The van der Waals surface area contributed by atoms with Crippen LogP contribution in [0.15, 0.2) is 22.7 Å².